The number of aromatic nitrogens is 3. The molecule has 3 aromatic rings. The lowest BCUT2D eigenvalue weighted by atomic mass is 10.2. The molecule has 0 bridgehead atoms. The molecule has 1 aliphatic rings. The van der Waals surface area contributed by atoms with Crippen molar-refractivity contribution in [1.29, 1.82) is 0 Å². The maximum Gasteiger partial charge on any atom is 0.323 e. The Morgan fingerprint density at radius 1 is 1.03 bits per heavy atom. The van der Waals surface area contributed by atoms with Gasteiger partial charge in [0.25, 0.3) is 0 Å². The first-order valence-corrected chi connectivity index (χ1v) is 9.65. The largest absolute Gasteiger partial charge is 0.467 e. The molecule has 1 aliphatic heterocycles. The predicted molar refractivity (Wildman–Crippen MR) is 110 cm³/mol. The van der Waals surface area contributed by atoms with Crippen LogP contribution in [0.1, 0.15) is 12.7 Å². The van der Waals surface area contributed by atoms with E-state index in [1.165, 1.54) is 5.69 Å². The molecular weight excluding hydrogens is 372 g/mol. The summed E-state index contributed by atoms with van der Waals surface area (Å²) >= 11 is 0. The Morgan fingerprint density at radius 2 is 1.83 bits per heavy atom. The van der Waals surface area contributed by atoms with Gasteiger partial charge < -0.3 is 29.4 Å². The minimum Gasteiger partial charge on any atom is -0.467 e. The standard InChI is InChI=1S/C20H24N6O3/c1-2-28-20-24-18(21-14-17-4-3-11-29-17)23-19(25-20)22-15-5-7-16(8-6-15)26-9-12-27-13-10-26/h3-8,11H,2,9-10,12-14H2,1H3,(H2,21,22,23,24,25). The second kappa shape index (κ2) is 9.24. The van der Waals surface area contributed by atoms with E-state index in [9.17, 15) is 0 Å². The quantitative estimate of drug-likeness (QED) is 0.595. The van der Waals surface area contributed by atoms with Crippen LogP contribution in [0.15, 0.2) is 47.1 Å². The topological polar surface area (TPSA) is 97.6 Å². The highest BCUT2D eigenvalue weighted by Gasteiger charge is 2.12. The third-order valence-corrected chi connectivity index (χ3v) is 4.39. The van der Waals surface area contributed by atoms with Crippen molar-refractivity contribution in [2.24, 2.45) is 0 Å². The van der Waals surface area contributed by atoms with Crippen molar-refractivity contribution >= 4 is 23.3 Å². The SMILES string of the molecule is CCOc1nc(NCc2ccco2)nc(Nc2ccc(N3CCOCC3)cc2)n1. The fourth-order valence-electron chi connectivity index (χ4n) is 2.97. The van der Waals surface area contributed by atoms with Gasteiger partial charge in [-0.3, -0.25) is 0 Å². The van der Waals surface area contributed by atoms with E-state index in [-0.39, 0.29) is 6.01 Å². The molecule has 152 valence electrons. The molecule has 3 heterocycles. The van der Waals surface area contributed by atoms with Gasteiger partial charge in [-0.1, -0.05) is 0 Å². The fourth-order valence-corrected chi connectivity index (χ4v) is 2.97. The summed E-state index contributed by atoms with van der Waals surface area (Å²) in [6.07, 6.45) is 1.63. The molecule has 2 aromatic heterocycles. The van der Waals surface area contributed by atoms with Gasteiger partial charge in [-0.05, 0) is 43.3 Å². The molecule has 0 spiro atoms. The van der Waals surface area contributed by atoms with Gasteiger partial charge in [0.1, 0.15) is 5.76 Å². The molecular formula is C20H24N6O3. The van der Waals surface area contributed by atoms with Crippen molar-refractivity contribution in [2.45, 2.75) is 13.5 Å². The summed E-state index contributed by atoms with van der Waals surface area (Å²) < 4.78 is 16.2. The monoisotopic (exact) mass is 396 g/mol. The first-order chi connectivity index (χ1) is 14.3. The lowest BCUT2D eigenvalue weighted by Crippen LogP contribution is -2.36. The van der Waals surface area contributed by atoms with E-state index in [1.807, 2.05) is 31.2 Å². The zero-order valence-electron chi connectivity index (χ0n) is 16.3. The Bertz CT molecular complexity index is 895. The number of rotatable bonds is 8. The molecule has 0 atom stereocenters. The van der Waals surface area contributed by atoms with Crippen LogP contribution in [0.4, 0.5) is 23.3 Å². The highest BCUT2D eigenvalue weighted by atomic mass is 16.5. The molecule has 0 aliphatic carbocycles. The number of nitrogens with one attached hydrogen (secondary N) is 2. The molecule has 4 rings (SSSR count). The zero-order valence-corrected chi connectivity index (χ0v) is 16.3. The minimum atomic E-state index is 0.261. The molecule has 0 unspecified atom stereocenters. The molecule has 1 fully saturated rings. The fraction of sp³-hybridized carbons (Fsp3) is 0.350. The van der Waals surface area contributed by atoms with Crippen LogP contribution in [-0.2, 0) is 11.3 Å². The zero-order chi connectivity index (χ0) is 19.9. The van der Waals surface area contributed by atoms with E-state index in [0.29, 0.717) is 25.0 Å². The molecule has 9 nitrogen and oxygen atoms in total. The van der Waals surface area contributed by atoms with Crippen molar-refractivity contribution in [3.63, 3.8) is 0 Å². The maximum atomic E-state index is 5.48. The number of hydrogen-bond donors (Lipinski definition) is 2. The number of nitrogens with zero attached hydrogens (tertiary/aromatic N) is 4. The van der Waals surface area contributed by atoms with E-state index in [2.05, 4.69) is 42.6 Å². The second-order valence-electron chi connectivity index (χ2n) is 6.40. The van der Waals surface area contributed by atoms with E-state index in [1.54, 1.807) is 6.26 Å². The molecule has 1 saturated heterocycles. The summed E-state index contributed by atoms with van der Waals surface area (Å²) in [4.78, 5) is 15.3. The number of hydrogen-bond acceptors (Lipinski definition) is 9. The molecule has 1 aromatic carbocycles. The number of anilines is 4. The summed E-state index contributed by atoms with van der Waals surface area (Å²) in [6.45, 7) is 6.16. The van der Waals surface area contributed by atoms with Crippen LogP contribution in [0, 0.1) is 0 Å². The van der Waals surface area contributed by atoms with E-state index >= 15 is 0 Å². The predicted octanol–water partition coefficient (Wildman–Crippen LogP) is 3.06. The van der Waals surface area contributed by atoms with Crippen LogP contribution in [0.2, 0.25) is 0 Å². The van der Waals surface area contributed by atoms with Crippen LogP contribution in [0.25, 0.3) is 0 Å². The van der Waals surface area contributed by atoms with Crippen molar-refractivity contribution < 1.29 is 13.9 Å². The lowest BCUT2D eigenvalue weighted by molar-refractivity contribution is 0.122. The molecule has 29 heavy (non-hydrogen) atoms. The van der Waals surface area contributed by atoms with Gasteiger partial charge in [-0.25, -0.2) is 0 Å². The minimum absolute atomic E-state index is 0.261. The van der Waals surface area contributed by atoms with Crippen LogP contribution in [-0.4, -0.2) is 47.9 Å². The maximum absolute atomic E-state index is 5.48. The van der Waals surface area contributed by atoms with Crippen molar-refractivity contribution in [3.8, 4) is 6.01 Å². The van der Waals surface area contributed by atoms with Gasteiger partial charge in [0.2, 0.25) is 11.9 Å². The first-order valence-electron chi connectivity index (χ1n) is 9.65. The van der Waals surface area contributed by atoms with Crippen LogP contribution in [0.5, 0.6) is 6.01 Å². The van der Waals surface area contributed by atoms with Gasteiger partial charge in [-0.2, -0.15) is 15.0 Å². The Kier molecular flexibility index (Phi) is 6.06. The average Bonchev–Trinajstić information content (AvgIpc) is 3.27. The molecule has 0 radical (unpaired) electrons. The number of furan rings is 1. The van der Waals surface area contributed by atoms with E-state index < -0.39 is 0 Å². The summed E-state index contributed by atoms with van der Waals surface area (Å²) in [6, 6.07) is 12.1. The second-order valence-corrected chi connectivity index (χ2v) is 6.40. The summed E-state index contributed by atoms with van der Waals surface area (Å²) in [7, 11) is 0. The van der Waals surface area contributed by atoms with Gasteiger partial charge >= 0.3 is 6.01 Å². The van der Waals surface area contributed by atoms with Crippen molar-refractivity contribution in [1.82, 2.24) is 15.0 Å². The van der Waals surface area contributed by atoms with Crippen LogP contribution >= 0.6 is 0 Å². The number of benzene rings is 1. The highest BCUT2D eigenvalue weighted by molar-refractivity contribution is 5.60. The van der Waals surface area contributed by atoms with Gasteiger partial charge in [-0.15, -0.1) is 0 Å². The third kappa shape index (κ3) is 5.14. The first kappa shape index (κ1) is 19.0. The summed E-state index contributed by atoms with van der Waals surface area (Å²) in [5.41, 5.74) is 2.05. The highest BCUT2D eigenvalue weighted by Crippen LogP contribution is 2.22. The van der Waals surface area contributed by atoms with Gasteiger partial charge in [0, 0.05) is 24.5 Å². The van der Waals surface area contributed by atoms with E-state index in [4.69, 9.17) is 13.9 Å². The van der Waals surface area contributed by atoms with Gasteiger partial charge in [0.05, 0.1) is 32.6 Å². The lowest BCUT2D eigenvalue weighted by Gasteiger charge is -2.28. The molecule has 9 heteroatoms. The molecule has 0 amide bonds. The van der Waals surface area contributed by atoms with E-state index in [0.717, 1.165) is 37.8 Å². The smallest absolute Gasteiger partial charge is 0.323 e. The Balaban J connectivity index is 1.46. The van der Waals surface area contributed by atoms with Crippen LogP contribution in [0.3, 0.4) is 0 Å². The Labute approximate surface area is 169 Å². The molecule has 0 saturated carbocycles. The Hall–Kier alpha value is -3.33. The summed E-state index contributed by atoms with van der Waals surface area (Å²) in [5.74, 6) is 1.60. The average molecular weight is 396 g/mol. The van der Waals surface area contributed by atoms with Crippen molar-refractivity contribution in [3.05, 3.63) is 48.4 Å². The normalized spacial score (nSPS) is 13.9. The molecule has 2 N–H and O–H groups in total. The van der Waals surface area contributed by atoms with Gasteiger partial charge in [0.15, 0.2) is 0 Å². The van der Waals surface area contributed by atoms with Crippen molar-refractivity contribution in [2.75, 3.05) is 48.4 Å². The third-order valence-electron chi connectivity index (χ3n) is 4.39. The van der Waals surface area contributed by atoms with Crippen LogP contribution < -0.4 is 20.3 Å². The number of morpholine rings is 1. The number of ether oxygens (including phenoxy) is 2. The summed E-state index contributed by atoms with van der Waals surface area (Å²) in [5, 5.41) is 6.35. The Morgan fingerprint density at radius 3 is 2.55 bits per heavy atom.